The molecule has 7 heteroatoms. The molecule has 146 valence electrons. The summed E-state index contributed by atoms with van der Waals surface area (Å²) in [6.45, 7) is 5.67. The molecule has 0 aliphatic carbocycles. The lowest BCUT2D eigenvalue weighted by molar-refractivity contribution is -0.117. The standard InChI is InChI=1S/C21H21ClN2O4/c1-21(2,3)28-18-13(10-14(22)12-17(18)27-4)11-16-19(25)23-24(20(16)26)15-8-6-5-7-9-15/h5-12H,1-4H3,(H,23,25). The van der Waals surface area contributed by atoms with Crippen molar-refractivity contribution in [3.8, 4) is 11.5 Å². The van der Waals surface area contributed by atoms with Crippen LogP contribution in [0.5, 0.6) is 11.5 Å². The van der Waals surface area contributed by atoms with Crippen molar-refractivity contribution in [2.75, 3.05) is 12.1 Å². The summed E-state index contributed by atoms with van der Waals surface area (Å²) in [5, 5.41) is 1.61. The van der Waals surface area contributed by atoms with Gasteiger partial charge in [-0.15, -0.1) is 0 Å². The number of hydrazine groups is 1. The summed E-state index contributed by atoms with van der Waals surface area (Å²) >= 11 is 6.19. The minimum absolute atomic E-state index is 0.0214. The molecule has 0 atom stereocenters. The van der Waals surface area contributed by atoms with Gasteiger partial charge in [0, 0.05) is 16.7 Å². The zero-order valence-corrected chi connectivity index (χ0v) is 16.8. The van der Waals surface area contributed by atoms with Gasteiger partial charge in [0.15, 0.2) is 11.5 Å². The third-order valence-electron chi connectivity index (χ3n) is 3.88. The van der Waals surface area contributed by atoms with Crippen LogP contribution in [0.2, 0.25) is 5.02 Å². The fourth-order valence-electron chi connectivity index (χ4n) is 2.73. The first-order chi connectivity index (χ1) is 13.2. The van der Waals surface area contributed by atoms with Gasteiger partial charge in [-0.2, -0.15) is 0 Å². The number of carbonyl (C=O) groups is 2. The first kappa shape index (κ1) is 19.8. The lowest BCUT2D eigenvalue weighted by Gasteiger charge is -2.24. The molecule has 1 aliphatic rings. The molecule has 0 radical (unpaired) electrons. The number of rotatable bonds is 4. The molecule has 1 N–H and O–H groups in total. The number of hydrogen-bond donors (Lipinski definition) is 1. The van der Waals surface area contributed by atoms with Crippen LogP contribution in [0.25, 0.3) is 6.08 Å². The smallest absolute Gasteiger partial charge is 0.282 e. The number of methoxy groups -OCH3 is 1. The van der Waals surface area contributed by atoms with Crippen LogP contribution in [0.15, 0.2) is 48.0 Å². The molecule has 3 rings (SSSR count). The van der Waals surface area contributed by atoms with Crippen LogP contribution in [0.4, 0.5) is 5.69 Å². The van der Waals surface area contributed by atoms with E-state index in [1.807, 2.05) is 26.8 Å². The number of para-hydroxylation sites is 1. The quantitative estimate of drug-likeness (QED) is 0.622. The van der Waals surface area contributed by atoms with Gasteiger partial charge < -0.3 is 9.47 Å². The highest BCUT2D eigenvalue weighted by Crippen LogP contribution is 2.38. The maximum absolute atomic E-state index is 12.8. The molecule has 2 amide bonds. The Morgan fingerprint density at radius 2 is 1.79 bits per heavy atom. The van der Waals surface area contributed by atoms with E-state index in [1.54, 1.807) is 36.4 Å². The van der Waals surface area contributed by atoms with Crippen molar-refractivity contribution in [1.82, 2.24) is 5.43 Å². The molecule has 28 heavy (non-hydrogen) atoms. The predicted octanol–water partition coefficient (Wildman–Crippen LogP) is 3.99. The lowest BCUT2D eigenvalue weighted by atomic mass is 10.1. The van der Waals surface area contributed by atoms with E-state index in [4.69, 9.17) is 21.1 Å². The summed E-state index contributed by atoms with van der Waals surface area (Å²) in [5.41, 5.74) is 3.08. The van der Waals surface area contributed by atoms with E-state index in [9.17, 15) is 9.59 Å². The number of halogens is 1. The summed E-state index contributed by atoms with van der Waals surface area (Å²) in [6, 6.07) is 12.1. The van der Waals surface area contributed by atoms with Crippen molar-refractivity contribution in [1.29, 1.82) is 0 Å². The molecular formula is C21H21ClN2O4. The zero-order chi connectivity index (χ0) is 20.5. The van der Waals surface area contributed by atoms with Crippen molar-refractivity contribution < 1.29 is 19.1 Å². The third-order valence-corrected chi connectivity index (χ3v) is 4.10. The molecule has 0 unspecified atom stereocenters. The molecule has 2 aromatic carbocycles. The summed E-state index contributed by atoms with van der Waals surface area (Å²) in [7, 11) is 1.50. The number of nitrogens with one attached hydrogen (secondary N) is 1. The molecule has 1 aliphatic heterocycles. The van der Waals surface area contributed by atoms with Crippen LogP contribution in [0.3, 0.4) is 0 Å². The molecule has 0 saturated carbocycles. The molecule has 1 fully saturated rings. The monoisotopic (exact) mass is 400 g/mol. The molecule has 1 saturated heterocycles. The predicted molar refractivity (Wildman–Crippen MR) is 108 cm³/mol. The van der Waals surface area contributed by atoms with Crippen LogP contribution < -0.4 is 19.9 Å². The Kier molecular flexibility index (Phi) is 5.34. The van der Waals surface area contributed by atoms with E-state index in [0.29, 0.717) is 27.8 Å². The van der Waals surface area contributed by atoms with Gasteiger partial charge in [-0.25, -0.2) is 5.01 Å². The topological polar surface area (TPSA) is 67.9 Å². The average molecular weight is 401 g/mol. The van der Waals surface area contributed by atoms with Gasteiger partial charge >= 0.3 is 0 Å². The highest BCUT2D eigenvalue weighted by Gasteiger charge is 2.35. The number of amides is 2. The second-order valence-electron chi connectivity index (χ2n) is 7.22. The number of anilines is 1. The van der Waals surface area contributed by atoms with Crippen LogP contribution in [-0.4, -0.2) is 24.5 Å². The molecule has 6 nitrogen and oxygen atoms in total. The van der Waals surface area contributed by atoms with E-state index in [2.05, 4.69) is 5.43 Å². The SMILES string of the molecule is COc1cc(Cl)cc(C=C2C(=O)NN(c3ccccc3)C2=O)c1OC(C)(C)C. The van der Waals surface area contributed by atoms with E-state index in [1.165, 1.54) is 18.2 Å². The lowest BCUT2D eigenvalue weighted by Crippen LogP contribution is -2.35. The van der Waals surface area contributed by atoms with Crippen molar-refractivity contribution in [2.24, 2.45) is 0 Å². The number of benzene rings is 2. The molecular weight excluding hydrogens is 380 g/mol. The van der Waals surface area contributed by atoms with Gasteiger partial charge in [0.25, 0.3) is 11.8 Å². The minimum atomic E-state index is -0.521. The Labute approximate surface area is 168 Å². The largest absolute Gasteiger partial charge is 0.493 e. The second-order valence-corrected chi connectivity index (χ2v) is 7.65. The van der Waals surface area contributed by atoms with E-state index in [-0.39, 0.29) is 5.57 Å². The summed E-state index contributed by atoms with van der Waals surface area (Å²) in [6.07, 6.45) is 1.47. The van der Waals surface area contributed by atoms with Crippen LogP contribution in [-0.2, 0) is 9.59 Å². The average Bonchev–Trinajstić information content (AvgIpc) is 2.91. The van der Waals surface area contributed by atoms with E-state index < -0.39 is 17.4 Å². The summed E-state index contributed by atoms with van der Waals surface area (Å²) < 4.78 is 11.4. The Morgan fingerprint density at radius 1 is 1.11 bits per heavy atom. The number of ether oxygens (including phenoxy) is 2. The first-order valence-corrected chi connectivity index (χ1v) is 9.06. The molecule has 1 heterocycles. The molecule has 2 aromatic rings. The Balaban J connectivity index is 2.06. The fourth-order valence-corrected chi connectivity index (χ4v) is 2.95. The Hall–Kier alpha value is -2.99. The summed E-state index contributed by atoms with van der Waals surface area (Å²) in [4.78, 5) is 25.3. The number of carbonyl (C=O) groups excluding carboxylic acids is 2. The van der Waals surface area contributed by atoms with Crippen LogP contribution in [0, 0.1) is 0 Å². The molecule has 0 aromatic heterocycles. The van der Waals surface area contributed by atoms with Gasteiger partial charge in [-0.3, -0.25) is 15.0 Å². The van der Waals surface area contributed by atoms with Crippen molar-refractivity contribution in [2.45, 2.75) is 26.4 Å². The van der Waals surface area contributed by atoms with Crippen LogP contribution in [0.1, 0.15) is 26.3 Å². The number of nitrogens with zero attached hydrogens (tertiary/aromatic N) is 1. The van der Waals surface area contributed by atoms with Gasteiger partial charge in [-0.1, -0.05) is 29.8 Å². The Morgan fingerprint density at radius 3 is 2.39 bits per heavy atom. The van der Waals surface area contributed by atoms with Gasteiger partial charge in [0.05, 0.1) is 12.8 Å². The first-order valence-electron chi connectivity index (χ1n) is 8.68. The van der Waals surface area contributed by atoms with Crippen LogP contribution >= 0.6 is 11.6 Å². The third kappa shape index (κ3) is 4.12. The molecule has 0 bridgehead atoms. The second kappa shape index (κ2) is 7.56. The zero-order valence-electron chi connectivity index (χ0n) is 16.1. The van der Waals surface area contributed by atoms with Gasteiger partial charge in [0.1, 0.15) is 11.2 Å². The highest BCUT2D eigenvalue weighted by molar-refractivity contribution is 6.32. The highest BCUT2D eigenvalue weighted by atomic mass is 35.5. The summed E-state index contributed by atoms with van der Waals surface area (Å²) in [5.74, 6) is -0.142. The molecule has 0 spiro atoms. The number of hydrogen-bond acceptors (Lipinski definition) is 4. The normalized spacial score (nSPS) is 15.8. The van der Waals surface area contributed by atoms with Crippen molar-refractivity contribution in [3.05, 3.63) is 58.6 Å². The minimum Gasteiger partial charge on any atom is -0.493 e. The van der Waals surface area contributed by atoms with Crippen molar-refractivity contribution in [3.63, 3.8) is 0 Å². The van der Waals surface area contributed by atoms with E-state index >= 15 is 0 Å². The maximum atomic E-state index is 12.8. The van der Waals surface area contributed by atoms with E-state index in [0.717, 1.165) is 0 Å². The maximum Gasteiger partial charge on any atom is 0.282 e. The fraction of sp³-hybridized carbons (Fsp3) is 0.238. The van der Waals surface area contributed by atoms with Gasteiger partial charge in [-0.05, 0) is 45.0 Å². The Bertz CT molecular complexity index is 949. The van der Waals surface area contributed by atoms with Gasteiger partial charge in [0.2, 0.25) is 0 Å². The van der Waals surface area contributed by atoms with Crippen molar-refractivity contribution >= 4 is 35.2 Å².